The van der Waals surface area contributed by atoms with Crippen molar-refractivity contribution in [1.82, 2.24) is 14.9 Å². The number of amides is 1. The molecule has 27 heavy (non-hydrogen) atoms. The van der Waals surface area contributed by atoms with Gasteiger partial charge in [-0.15, -0.1) is 0 Å². The number of hydrogen-bond acceptors (Lipinski definition) is 6. The van der Waals surface area contributed by atoms with Gasteiger partial charge in [0.2, 0.25) is 11.6 Å². The number of likely N-dealkylation sites (tertiary alicyclic amines) is 1. The molecule has 2 aliphatic heterocycles. The molecule has 1 atom stereocenters. The zero-order valence-corrected chi connectivity index (χ0v) is 15.2. The van der Waals surface area contributed by atoms with E-state index in [1.54, 1.807) is 11.8 Å². The van der Waals surface area contributed by atoms with Crippen LogP contribution < -0.4 is 4.74 Å². The van der Waals surface area contributed by atoms with Crippen molar-refractivity contribution in [3.05, 3.63) is 42.0 Å². The minimum atomic E-state index is -0.447. The van der Waals surface area contributed by atoms with Gasteiger partial charge in [-0.1, -0.05) is 0 Å². The summed E-state index contributed by atoms with van der Waals surface area (Å²) in [4.78, 5) is 22.0. The lowest BCUT2D eigenvalue weighted by Gasteiger charge is -2.53. The van der Waals surface area contributed by atoms with Gasteiger partial charge >= 0.3 is 0 Å². The Labute approximate surface area is 156 Å². The zero-order chi connectivity index (χ0) is 18.9. The van der Waals surface area contributed by atoms with E-state index in [2.05, 4.69) is 9.97 Å². The van der Waals surface area contributed by atoms with Crippen LogP contribution in [0.5, 0.6) is 5.88 Å². The molecule has 2 aromatic rings. The molecule has 1 spiro atoms. The quantitative estimate of drug-likeness (QED) is 0.799. The molecule has 0 aliphatic carbocycles. The van der Waals surface area contributed by atoms with Crippen LogP contribution in [0.4, 0.5) is 4.39 Å². The number of ether oxygens (including phenoxy) is 2. The number of aromatic nitrogens is 2. The second kappa shape index (κ2) is 7.26. The first-order valence-electron chi connectivity index (χ1n) is 9.13. The molecule has 0 N–H and O–H groups in total. The van der Waals surface area contributed by atoms with Crippen LogP contribution >= 0.6 is 0 Å². The third-order valence-corrected chi connectivity index (χ3v) is 5.27. The highest BCUT2D eigenvalue weighted by atomic mass is 19.1. The first kappa shape index (κ1) is 17.9. The summed E-state index contributed by atoms with van der Waals surface area (Å²) < 4.78 is 30.2. The Morgan fingerprint density at radius 3 is 3.04 bits per heavy atom. The van der Waals surface area contributed by atoms with Crippen LogP contribution in [0.25, 0.3) is 0 Å². The molecular weight excluding hydrogens is 353 g/mol. The van der Waals surface area contributed by atoms with Gasteiger partial charge in [0.1, 0.15) is 5.60 Å². The van der Waals surface area contributed by atoms with Gasteiger partial charge < -0.3 is 18.8 Å². The predicted molar refractivity (Wildman–Crippen MR) is 92.9 cm³/mol. The van der Waals surface area contributed by atoms with Crippen molar-refractivity contribution in [2.75, 3.05) is 26.3 Å². The minimum Gasteiger partial charge on any atom is -0.476 e. The number of halogens is 1. The standard InChI is InChI=1S/C19H22FN3O4/c1-13-16(26-12-22-13)18(24)23-10-19(11-23)9-14(5-8-27-19)4-7-25-17-15(20)3-2-6-21-17/h2-3,6,12,14H,4-5,7-11H2,1H3/t14-/m1/s1. The summed E-state index contributed by atoms with van der Waals surface area (Å²) in [6.45, 7) is 3.93. The van der Waals surface area contributed by atoms with Gasteiger partial charge in [0.25, 0.3) is 5.91 Å². The molecule has 2 aliphatic rings. The van der Waals surface area contributed by atoms with E-state index in [4.69, 9.17) is 13.9 Å². The van der Waals surface area contributed by atoms with Crippen LogP contribution in [0.15, 0.2) is 29.1 Å². The fourth-order valence-corrected chi connectivity index (χ4v) is 3.84. The molecule has 144 valence electrons. The third-order valence-electron chi connectivity index (χ3n) is 5.27. The summed E-state index contributed by atoms with van der Waals surface area (Å²) in [6, 6.07) is 2.87. The van der Waals surface area contributed by atoms with Gasteiger partial charge in [-0.3, -0.25) is 4.79 Å². The van der Waals surface area contributed by atoms with Crippen molar-refractivity contribution >= 4 is 5.91 Å². The summed E-state index contributed by atoms with van der Waals surface area (Å²) in [5.74, 6) is 0.159. The molecule has 1 amide bonds. The largest absolute Gasteiger partial charge is 0.476 e. The molecule has 0 radical (unpaired) electrons. The molecule has 4 rings (SSSR count). The number of nitrogens with zero attached hydrogens (tertiary/aromatic N) is 3. The monoisotopic (exact) mass is 375 g/mol. The molecule has 0 aromatic carbocycles. The SMILES string of the molecule is Cc1ncoc1C(=O)N1CC2(C[C@H](CCOc3ncccc3F)CCO2)C1. The molecule has 2 aromatic heterocycles. The highest BCUT2D eigenvalue weighted by Gasteiger charge is 2.49. The van der Waals surface area contributed by atoms with Crippen molar-refractivity contribution in [3.8, 4) is 5.88 Å². The number of aryl methyl sites for hydroxylation is 1. The molecule has 0 unspecified atom stereocenters. The predicted octanol–water partition coefficient (Wildman–Crippen LogP) is 2.61. The van der Waals surface area contributed by atoms with Crippen LogP contribution in [0.2, 0.25) is 0 Å². The summed E-state index contributed by atoms with van der Waals surface area (Å²) in [6.07, 6.45) is 5.40. The highest BCUT2D eigenvalue weighted by molar-refractivity contribution is 5.93. The van der Waals surface area contributed by atoms with Gasteiger partial charge in [-0.05, 0) is 44.2 Å². The fraction of sp³-hybridized carbons (Fsp3) is 0.526. The lowest BCUT2D eigenvalue weighted by Crippen LogP contribution is -2.66. The van der Waals surface area contributed by atoms with E-state index < -0.39 is 5.82 Å². The summed E-state index contributed by atoms with van der Waals surface area (Å²) in [5.41, 5.74) is 0.310. The fourth-order valence-electron chi connectivity index (χ4n) is 3.84. The van der Waals surface area contributed by atoms with Gasteiger partial charge in [-0.2, -0.15) is 0 Å². The van der Waals surface area contributed by atoms with E-state index >= 15 is 0 Å². The van der Waals surface area contributed by atoms with E-state index in [0.29, 0.717) is 43.7 Å². The zero-order valence-electron chi connectivity index (χ0n) is 15.2. The number of carbonyl (C=O) groups is 1. The molecule has 4 heterocycles. The third kappa shape index (κ3) is 3.66. The maximum Gasteiger partial charge on any atom is 0.291 e. The number of rotatable bonds is 5. The topological polar surface area (TPSA) is 77.7 Å². The van der Waals surface area contributed by atoms with Crippen LogP contribution in [-0.2, 0) is 4.74 Å². The first-order chi connectivity index (χ1) is 13.1. The van der Waals surface area contributed by atoms with Gasteiger partial charge in [0.15, 0.2) is 12.2 Å². The van der Waals surface area contributed by atoms with Crippen molar-refractivity contribution in [2.45, 2.75) is 31.8 Å². The lowest BCUT2D eigenvalue weighted by molar-refractivity contribution is -0.167. The first-order valence-corrected chi connectivity index (χ1v) is 9.13. The molecule has 8 heteroatoms. The van der Waals surface area contributed by atoms with E-state index in [1.807, 2.05) is 0 Å². The Hall–Kier alpha value is -2.48. The number of carbonyl (C=O) groups excluding carboxylic acids is 1. The Morgan fingerprint density at radius 1 is 1.44 bits per heavy atom. The van der Waals surface area contributed by atoms with Crippen molar-refractivity contribution in [3.63, 3.8) is 0 Å². The summed E-state index contributed by atoms with van der Waals surface area (Å²) in [5, 5.41) is 0. The number of pyridine rings is 1. The van der Waals surface area contributed by atoms with E-state index in [9.17, 15) is 9.18 Å². The minimum absolute atomic E-state index is 0.0436. The van der Waals surface area contributed by atoms with Crippen LogP contribution in [0.1, 0.15) is 35.5 Å². The average Bonchev–Trinajstić information content (AvgIpc) is 3.07. The lowest BCUT2D eigenvalue weighted by atomic mass is 9.79. The normalized spacial score (nSPS) is 21.1. The van der Waals surface area contributed by atoms with Crippen molar-refractivity contribution < 1.29 is 23.1 Å². The number of hydrogen-bond donors (Lipinski definition) is 0. The van der Waals surface area contributed by atoms with Gasteiger partial charge in [0, 0.05) is 12.8 Å². The Balaban J connectivity index is 1.27. The maximum atomic E-state index is 13.5. The van der Waals surface area contributed by atoms with E-state index in [0.717, 1.165) is 19.3 Å². The van der Waals surface area contributed by atoms with Crippen molar-refractivity contribution in [1.29, 1.82) is 0 Å². The Kier molecular flexibility index (Phi) is 4.82. The summed E-state index contributed by atoms with van der Waals surface area (Å²) in [7, 11) is 0. The highest BCUT2D eigenvalue weighted by Crippen LogP contribution is 2.38. The van der Waals surface area contributed by atoms with Crippen LogP contribution in [0.3, 0.4) is 0 Å². The molecule has 7 nitrogen and oxygen atoms in total. The second-order valence-electron chi connectivity index (χ2n) is 7.25. The van der Waals surface area contributed by atoms with E-state index in [-0.39, 0.29) is 17.4 Å². The van der Waals surface area contributed by atoms with Crippen LogP contribution in [-0.4, -0.2) is 52.7 Å². The van der Waals surface area contributed by atoms with Crippen molar-refractivity contribution in [2.24, 2.45) is 5.92 Å². The van der Waals surface area contributed by atoms with E-state index in [1.165, 1.54) is 24.7 Å². The second-order valence-corrected chi connectivity index (χ2v) is 7.25. The summed E-state index contributed by atoms with van der Waals surface area (Å²) >= 11 is 0. The number of oxazole rings is 1. The maximum absolute atomic E-state index is 13.5. The van der Waals surface area contributed by atoms with Crippen LogP contribution in [0, 0.1) is 18.7 Å². The smallest absolute Gasteiger partial charge is 0.291 e. The average molecular weight is 375 g/mol. The molecule has 2 fully saturated rings. The molecular formula is C19H22FN3O4. The molecule has 0 saturated carbocycles. The van der Waals surface area contributed by atoms with Gasteiger partial charge in [0.05, 0.1) is 25.4 Å². The molecule has 2 saturated heterocycles. The Bertz CT molecular complexity index is 819. The Morgan fingerprint density at radius 2 is 2.30 bits per heavy atom. The van der Waals surface area contributed by atoms with Gasteiger partial charge in [-0.25, -0.2) is 14.4 Å². The molecule has 0 bridgehead atoms.